The summed E-state index contributed by atoms with van der Waals surface area (Å²) in [7, 11) is 0. The first-order valence-electron chi connectivity index (χ1n) is 4.48. The molecule has 74 valence electrons. The molecule has 0 unspecified atom stereocenters. The summed E-state index contributed by atoms with van der Waals surface area (Å²) in [6, 6.07) is 5.31. The normalized spacial score (nSPS) is 17.4. The predicted molar refractivity (Wildman–Crippen MR) is 55.1 cm³/mol. The summed E-state index contributed by atoms with van der Waals surface area (Å²) >= 11 is 5.42. The molecule has 0 fully saturated rings. The van der Waals surface area contributed by atoms with Gasteiger partial charge in [0.1, 0.15) is 5.75 Å². The molecule has 0 saturated heterocycles. The molecule has 0 spiro atoms. The van der Waals surface area contributed by atoms with Crippen molar-refractivity contribution in [2.24, 2.45) is 0 Å². The highest BCUT2D eigenvalue weighted by atomic mass is 35.5. The molecule has 0 aromatic heterocycles. The van der Waals surface area contributed by atoms with Crippen LogP contribution in [0.1, 0.15) is 29.8 Å². The zero-order chi connectivity index (χ0) is 10.3. The third-order valence-corrected chi connectivity index (χ3v) is 2.74. The molecule has 14 heavy (non-hydrogen) atoms. The van der Waals surface area contributed by atoms with Crippen LogP contribution in [0.4, 0.5) is 0 Å². The fourth-order valence-electron chi connectivity index (χ4n) is 1.64. The molecule has 0 radical (unpaired) electrons. The SMILES string of the molecule is CC1(C)COc2ccc(C(=O)Cl)cc21. The molecule has 0 atom stereocenters. The Morgan fingerprint density at radius 2 is 2.21 bits per heavy atom. The second-order valence-electron chi connectivity index (χ2n) is 4.16. The van der Waals surface area contributed by atoms with E-state index in [-0.39, 0.29) is 5.41 Å². The van der Waals surface area contributed by atoms with Gasteiger partial charge in [-0.25, -0.2) is 0 Å². The maximum atomic E-state index is 11.0. The van der Waals surface area contributed by atoms with Gasteiger partial charge in [-0.2, -0.15) is 0 Å². The molecule has 1 heterocycles. The van der Waals surface area contributed by atoms with Gasteiger partial charge in [-0.1, -0.05) is 13.8 Å². The van der Waals surface area contributed by atoms with Gasteiger partial charge in [0.2, 0.25) is 0 Å². The quantitative estimate of drug-likeness (QED) is 0.667. The van der Waals surface area contributed by atoms with E-state index in [0.29, 0.717) is 12.2 Å². The van der Waals surface area contributed by atoms with Crippen LogP contribution in [0.25, 0.3) is 0 Å². The van der Waals surface area contributed by atoms with Crippen LogP contribution in [0.15, 0.2) is 18.2 Å². The summed E-state index contributed by atoms with van der Waals surface area (Å²) in [5, 5.41) is -0.421. The summed E-state index contributed by atoms with van der Waals surface area (Å²) < 4.78 is 5.49. The average Bonchev–Trinajstić information content (AvgIpc) is 2.42. The lowest BCUT2D eigenvalue weighted by molar-refractivity contribution is 0.108. The van der Waals surface area contributed by atoms with Crippen molar-refractivity contribution < 1.29 is 9.53 Å². The van der Waals surface area contributed by atoms with Crippen molar-refractivity contribution in [3.8, 4) is 5.75 Å². The third-order valence-electron chi connectivity index (χ3n) is 2.52. The lowest BCUT2D eigenvalue weighted by Crippen LogP contribution is -2.18. The summed E-state index contributed by atoms with van der Waals surface area (Å²) in [5.74, 6) is 0.858. The molecule has 1 aromatic carbocycles. The molecule has 0 amide bonds. The van der Waals surface area contributed by atoms with Crippen LogP contribution in [-0.4, -0.2) is 11.8 Å². The Morgan fingerprint density at radius 3 is 2.86 bits per heavy atom. The van der Waals surface area contributed by atoms with E-state index in [1.54, 1.807) is 12.1 Å². The fourth-order valence-corrected chi connectivity index (χ4v) is 1.76. The Kier molecular flexibility index (Phi) is 2.04. The Balaban J connectivity index is 2.53. The molecule has 0 aliphatic carbocycles. The minimum absolute atomic E-state index is 0.0301. The van der Waals surface area contributed by atoms with Crippen LogP contribution in [0, 0.1) is 0 Å². The van der Waals surface area contributed by atoms with Crippen molar-refractivity contribution in [3.63, 3.8) is 0 Å². The van der Waals surface area contributed by atoms with Gasteiger partial charge in [-0.05, 0) is 29.8 Å². The number of hydrogen-bond donors (Lipinski definition) is 0. The highest BCUT2D eigenvalue weighted by Crippen LogP contribution is 2.38. The van der Waals surface area contributed by atoms with Crippen molar-refractivity contribution >= 4 is 16.8 Å². The van der Waals surface area contributed by atoms with Gasteiger partial charge in [-0.3, -0.25) is 4.79 Å². The fraction of sp³-hybridized carbons (Fsp3) is 0.364. The van der Waals surface area contributed by atoms with Crippen molar-refractivity contribution in [1.29, 1.82) is 0 Å². The van der Waals surface area contributed by atoms with Gasteiger partial charge in [-0.15, -0.1) is 0 Å². The second kappa shape index (κ2) is 2.99. The number of carbonyl (C=O) groups is 1. The Hall–Kier alpha value is -1.02. The van der Waals surface area contributed by atoms with E-state index in [0.717, 1.165) is 11.3 Å². The van der Waals surface area contributed by atoms with Crippen molar-refractivity contribution in [2.45, 2.75) is 19.3 Å². The summed E-state index contributed by atoms with van der Waals surface area (Å²) in [5.41, 5.74) is 1.56. The van der Waals surface area contributed by atoms with Gasteiger partial charge in [0, 0.05) is 16.5 Å². The largest absolute Gasteiger partial charge is 0.492 e. The lowest BCUT2D eigenvalue weighted by Gasteiger charge is -2.15. The molecule has 1 aliphatic heterocycles. The minimum Gasteiger partial charge on any atom is -0.492 e. The highest BCUT2D eigenvalue weighted by molar-refractivity contribution is 6.67. The van der Waals surface area contributed by atoms with E-state index >= 15 is 0 Å². The van der Waals surface area contributed by atoms with Crippen LogP contribution in [0.2, 0.25) is 0 Å². The van der Waals surface area contributed by atoms with Crippen LogP contribution in [0.5, 0.6) is 5.75 Å². The maximum absolute atomic E-state index is 11.0. The van der Waals surface area contributed by atoms with Crippen molar-refractivity contribution in [3.05, 3.63) is 29.3 Å². The molecule has 0 saturated carbocycles. The van der Waals surface area contributed by atoms with Crippen LogP contribution >= 0.6 is 11.6 Å². The zero-order valence-electron chi connectivity index (χ0n) is 8.13. The number of benzene rings is 1. The molecule has 3 heteroatoms. The molecule has 2 nitrogen and oxygen atoms in total. The number of halogens is 1. The second-order valence-corrected chi connectivity index (χ2v) is 4.50. The number of carbonyl (C=O) groups excluding carboxylic acids is 1. The molecule has 0 N–H and O–H groups in total. The van der Waals surface area contributed by atoms with Gasteiger partial charge in [0.15, 0.2) is 0 Å². The van der Waals surface area contributed by atoms with Gasteiger partial charge < -0.3 is 4.74 Å². The molecule has 1 aliphatic rings. The van der Waals surface area contributed by atoms with E-state index in [2.05, 4.69) is 13.8 Å². The standard InChI is InChI=1S/C11H11ClO2/c1-11(2)6-14-9-4-3-7(10(12)13)5-8(9)11/h3-5H,6H2,1-2H3. The number of hydrogen-bond acceptors (Lipinski definition) is 2. The monoisotopic (exact) mass is 210 g/mol. The Labute approximate surface area is 87.8 Å². The topological polar surface area (TPSA) is 26.3 Å². The number of ether oxygens (including phenoxy) is 1. The van der Waals surface area contributed by atoms with Gasteiger partial charge in [0.05, 0.1) is 6.61 Å². The first-order chi connectivity index (χ1) is 6.50. The summed E-state index contributed by atoms with van der Waals surface area (Å²) in [6.45, 7) is 4.82. The van der Waals surface area contributed by atoms with E-state index in [4.69, 9.17) is 16.3 Å². The molecular weight excluding hydrogens is 200 g/mol. The Morgan fingerprint density at radius 1 is 1.50 bits per heavy atom. The van der Waals surface area contributed by atoms with Crippen LogP contribution in [0.3, 0.4) is 0 Å². The lowest BCUT2D eigenvalue weighted by atomic mass is 9.86. The van der Waals surface area contributed by atoms with E-state index in [1.165, 1.54) is 0 Å². The highest BCUT2D eigenvalue weighted by Gasteiger charge is 2.32. The van der Waals surface area contributed by atoms with Crippen molar-refractivity contribution in [2.75, 3.05) is 6.61 Å². The third kappa shape index (κ3) is 1.40. The summed E-state index contributed by atoms with van der Waals surface area (Å²) in [6.07, 6.45) is 0. The van der Waals surface area contributed by atoms with Gasteiger partial charge in [0.25, 0.3) is 5.24 Å². The smallest absolute Gasteiger partial charge is 0.252 e. The minimum atomic E-state index is -0.421. The maximum Gasteiger partial charge on any atom is 0.252 e. The predicted octanol–water partition coefficient (Wildman–Crippen LogP) is 2.74. The van der Waals surface area contributed by atoms with Gasteiger partial charge >= 0.3 is 0 Å². The van der Waals surface area contributed by atoms with E-state index < -0.39 is 5.24 Å². The molecule has 0 bridgehead atoms. The van der Waals surface area contributed by atoms with Crippen molar-refractivity contribution in [1.82, 2.24) is 0 Å². The molecule has 2 rings (SSSR count). The first-order valence-corrected chi connectivity index (χ1v) is 4.86. The zero-order valence-corrected chi connectivity index (χ0v) is 8.89. The van der Waals surface area contributed by atoms with E-state index in [9.17, 15) is 4.79 Å². The number of fused-ring (bicyclic) bond motifs is 1. The summed E-state index contributed by atoms with van der Waals surface area (Å²) in [4.78, 5) is 11.0. The molecule has 1 aromatic rings. The number of rotatable bonds is 1. The molecular formula is C11H11ClO2. The van der Waals surface area contributed by atoms with Crippen LogP contribution in [-0.2, 0) is 5.41 Å². The average molecular weight is 211 g/mol. The first kappa shape index (κ1) is 9.53. The van der Waals surface area contributed by atoms with E-state index in [1.807, 2.05) is 6.07 Å². The van der Waals surface area contributed by atoms with Crippen LogP contribution < -0.4 is 4.74 Å². The Bertz CT molecular complexity index is 396.